The summed E-state index contributed by atoms with van der Waals surface area (Å²) < 4.78 is 8.38. The molecule has 94 valence electrons. The lowest BCUT2D eigenvalue weighted by atomic mass is 9.83. The van der Waals surface area contributed by atoms with Gasteiger partial charge >= 0.3 is 11.9 Å². The summed E-state index contributed by atoms with van der Waals surface area (Å²) in [6.07, 6.45) is 3.40. The second-order valence-electron chi connectivity index (χ2n) is 4.21. The molecule has 0 aromatic rings. The Morgan fingerprint density at radius 2 is 1.71 bits per heavy atom. The molecule has 1 fully saturated rings. The zero-order chi connectivity index (χ0) is 12.8. The zero-order valence-corrected chi connectivity index (χ0v) is 10.9. The summed E-state index contributed by atoms with van der Waals surface area (Å²) in [7, 11) is 2.55. The highest BCUT2D eigenvalue weighted by Gasteiger charge is 2.69. The van der Waals surface area contributed by atoms with Crippen LogP contribution in [0.4, 0.5) is 0 Å². The number of rotatable bonds is 2. The largest absolute Gasteiger partial charge is 0.469 e. The molecule has 4 atom stereocenters. The number of carbonyl (C=O) groups excluding carboxylic acids is 2. The van der Waals surface area contributed by atoms with Gasteiger partial charge in [0.2, 0.25) is 0 Å². The number of esters is 2. The number of alkyl halides is 2. The first-order valence-corrected chi connectivity index (χ1v) is 5.92. The van der Waals surface area contributed by atoms with Crippen LogP contribution >= 0.6 is 23.2 Å². The van der Waals surface area contributed by atoms with Crippen LogP contribution in [-0.4, -0.2) is 30.5 Å². The van der Waals surface area contributed by atoms with E-state index < -0.39 is 28.1 Å². The van der Waals surface area contributed by atoms with Crippen molar-refractivity contribution in [1.29, 1.82) is 0 Å². The van der Waals surface area contributed by atoms with Gasteiger partial charge in [-0.2, -0.15) is 0 Å². The Labute approximate surface area is 109 Å². The van der Waals surface area contributed by atoms with Gasteiger partial charge in [0.05, 0.1) is 26.1 Å². The summed E-state index contributed by atoms with van der Waals surface area (Å²) in [5.74, 6) is -2.69. The second kappa shape index (κ2) is 4.18. The minimum absolute atomic E-state index is 0.101. The number of ether oxygens (including phenoxy) is 2. The molecule has 0 amide bonds. The molecule has 4 unspecified atom stereocenters. The van der Waals surface area contributed by atoms with Crippen LogP contribution in [-0.2, 0) is 19.1 Å². The van der Waals surface area contributed by atoms with E-state index in [1.54, 1.807) is 12.2 Å². The van der Waals surface area contributed by atoms with Crippen molar-refractivity contribution >= 4 is 35.1 Å². The van der Waals surface area contributed by atoms with Gasteiger partial charge in [-0.25, -0.2) is 0 Å². The van der Waals surface area contributed by atoms with Crippen molar-refractivity contribution in [1.82, 2.24) is 0 Å². The van der Waals surface area contributed by atoms with Crippen molar-refractivity contribution in [3.05, 3.63) is 12.2 Å². The highest BCUT2D eigenvalue weighted by atomic mass is 35.5. The van der Waals surface area contributed by atoms with Crippen LogP contribution in [0.5, 0.6) is 0 Å². The summed E-state index contributed by atoms with van der Waals surface area (Å²) in [5.41, 5.74) is 0. The maximum absolute atomic E-state index is 11.7. The number of halogens is 2. The van der Waals surface area contributed by atoms with Gasteiger partial charge in [0.1, 0.15) is 4.33 Å². The van der Waals surface area contributed by atoms with E-state index >= 15 is 0 Å². The summed E-state index contributed by atoms with van der Waals surface area (Å²) in [6.45, 7) is 0. The SMILES string of the molecule is COC(=O)C1C=CC2C(C1C(=O)OC)C2(Cl)Cl. The quantitative estimate of drug-likeness (QED) is 0.437. The summed E-state index contributed by atoms with van der Waals surface area (Å²) in [6, 6.07) is 0. The number of fused-ring (bicyclic) bond motifs is 1. The predicted octanol–water partition coefficient (Wildman–Crippen LogP) is 1.55. The van der Waals surface area contributed by atoms with E-state index in [1.807, 2.05) is 0 Å². The number of hydrogen-bond acceptors (Lipinski definition) is 4. The fraction of sp³-hybridized carbons (Fsp3) is 0.636. The maximum atomic E-state index is 11.7. The van der Waals surface area contributed by atoms with E-state index in [4.69, 9.17) is 27.9 Å². The molecule has 0 N–H and O–H groups in total. The zero-order valence-electron chi connectivity index (χ0n) is 9.35. The van der Waals surface area contributed by atoms with Crippen molar-refractivity contribution in [2.24, 2.45) is 23.7 Å². The summed E-state index contributed by atoms with van der Waals surface area (Å²) in [5, 5.41) is 0. The van der Waals surface area contributed by atoms with Crippen molar-refractivity contribution in [3.8, 4) is 0 Å². The Balaban J connectivity index is 2.30. The average molecular weight is 279 g/mol. The lowest BCUT2D eigenvalue weighted by molar-refractivity contribution is -0.156. The topological polar surface area (TPSA) is 52.6 Å². The predicted molar refractivity (Wildman–Crippen MR) is 61.6 cm³/mol. The van der Waals surface area contributed by atoms with Gasteiger partial charge in [0.15, 0.2) is 0 Å². The standard InChI is InChI=1S/C11H12Cl2O4/c1-16-9(14)5-3-4-6-8(11(6,12)13)7(5)10(15)17-2/h3-8H,1-2H3. The lowest BCUT2D eigenvalue weighted by Crippen LogP contribution is -2.34. The molecule has 1 saturated carbocycles. The van der Waals surface area contributed by atoms with Gasteiger partial charge in [-0.05, 0) is 0 Å². The minimum Gasteiger partial charge on any atom is -0.469 e. The van der Waals surface area contributed by atoms with E-state index in [2.05, 4.69) is 4.74 Å². The molecule has 2 aliphatic rings. The van der Waals surface area contributed by atoms with Crippen molar-refractivity contribution < 1.29 is 19.1 Å². The number of allylic oxidation sites excluding steroid dienone is 1. The van der Waals surface area contributed by atoms with Crippen LogP contribution < -0.4 is 0 Å². The maximum Gasteiger partial charge on any atom is 0.313 e. The van der Waals surface area contributed by atoms with Crippen LogP contribution in [0.25, 0.3) is 0 Å². The normalized spacial score (nSPS) is 36.9. The Kier molecular flexibility index (Phi) is 3.12. The van der Waals surface area contributed by atoms with Gasteiger partial charge in [0.25, 0.3) is 0 Å². The molecule has 4 nitrogen and oxygen atoms in total. The molecular weight excluding hydrogens is 267 g/mol. The molecule has 0 aromatic carbocycles. The highest BCUT2D eigenvalue weighted by Crippen LogP contribution is 2.66. The Morgan fingerprint density at radius 3 is 2.24 bits per heavy atom. The second-order valence-corrected chi connectivity index (χ2v) is 5.65. The van der Waals surface area contributed by atoms with Crippen molar-refractivity contribution in [2.45, 2.75) is 4.33 Å². The molecule has 2 rings (SSSR count). The van der Waals surface area contributed by atoms with Crippen LogP contribution in [0.2, 0.25) is 0 Å². The van der Waals surface area contributed by atoms with Gasteiger partial charge < -0.3 is 9.47 Å². The lowest BCUT2D eigenvalue weighted by Gasteiger charge is -2.23. The number of carbonyl (C=O) groups is 2. The van der Waals surface area contributed by atoms with Crippen molar-refractivity contribution in [3.63, 3.8) is 0 Å². The molecule has 0 heterocycles. The first kappa shape index (κ1) is 12.7. The van der Waals surface area contributed by atoms with Crippen LogP contribution in [0.3, 0.4) is 0 Å². The third kappa shape index (κ3) is 1.83. The van der Waals surface area contributed by atoms with Crippen LogP contribution in [0.15, 0.2) is 12.2 Å². The van der Waals surface area contributed by atoms with Crippen LogP contribution in [0.1, 0.15) is 0 Å². The summed E-state index contributed by atoms with van der Waals surface area (Å²) >= 11 is 12.2. The minimum atomic E-state index is -0.988. The fourth-order valence-corrected chi connectivity index (χ4v) is 3.29. The summed E-state index contributed by atoms with van der Waals surface area (Å²) in [4.78, 5) is 23.3. The molecule has 2 aliphatic carbocycles. The monoisotopic (exact) mass is 278 g/mol. The van der Waals surface area contributed by atoms with Gasteiger partial charge in [0, 0.05) is 11.8 Å². The van der Waals surface area contributed by atoms with Crippen LogP contribution in [0, 0.1) is 23.7 Å². The highest BCUT2D eigenvalue weighted by molar-refractivity contribution is 6.51. The third-order valence-electron chi connectivity index (χ3n) is 3.41. The molecular formula is C11H12Cl2O4. The van der Waals surface area contributed by atoms with E-state index in [1.165, 1.54) is 14.2 Å². The smallest absolute Gasteiger partial charge is 0.313 e. The molecule has 6 heteroatoms. The van der Waals surface area contributed by atoms with Crippen molar-refractivity contribution in [2.75, 3.05) is 14.2 Å². The molecule has 0 aromatic heterocycles. The number of methoxy groups -OCH3 is 2. The molecule has 0 bridgehead atoms. The fourth-order valence-electron chi connectivity index (χ4n) is 2.46. The first-order chi connectivity index (χ1) is 7.95. The Bertz CT molecular complexity index is 391. The van der Waals surface area contributed by atoms with Gasteiger partial charge in [-0.3, -0.25) is 9.59 Å². The first-order valence-electron chi connectivity index (χ1n) is 5.17. The van der Waals surface area contributed by atoms with Gasteiger partial charge in [-0.1, -0.05) is 12.2 Å². The van der Waals surface area contributed by atoms with Gasteiger partial charge in [-0.15, -0.1) is 23.2 Å². The average Bonchev–Trinajstić information content (AvgIpc) is 2.89. The molecule has 0 aliphatic heterocycles. The van der Waals surface area contributed by atoms with E-state index in [9.17, 15) is 9.59 Å². The number of hydrogen-bond donors (Lipinski definition) is 0. The van der Waals surface area contributed by atoms with E-state index in [0.717, 1.165) is 0 Å². The molecule has 17 heavy (non-hydrogen) atoms. The molecule has 0 radical (unpaired) electrons. The molecule has 0 saturated heterocycles. The van der Waals surface area contributed by atoms with E-state index in [0.29, 0.717) is 0 Å². The Hall–Kier alpha value is -0.740. The Morgan fingerprint density at radius 1 is 1.12 bits per heavy atom. The molecule has 0 spiro atoms. The third-order valence-corrected chi connectivity index (χ3v) is 4.42. The van der Waals surface area contributed by atoms with E-state index in [-0.39, 0.29) is 11.8 Å².